The second-order valence-corrected chi connectivity index (χ2v) is 6.46. The molecule has 0 radical (unpaired) electrons. The molecule has 1 saturated heterocycles. The molecule has 1 N–H and O–H groups in total. The largest absolute Gasteiger partial charge is 0.435 e. The molecule has 0 bridgehead atoms. The maximum absolute atomic E-state index is 13.1. The van der Waals surface area contributed by atoms with Crippen molar-refractivity contribution >= 4 is 5.91 Å². The Morgan fingerprint density at radius 2 is 1.96 bits per heavy atom. The van der Waals surface area contributed by atoms with Crippen LogP contribution in [-0.2, 0) is 23.9 Å². The second-order valence-electron chi connectivity index (χ2n) is 6.46. The number of rotatable bonds is 5. The van der Waals surface area contributed by atoms with Gasteiger partial charge >= 0.3 is 6.18 Å². The number of carbonyl (C=O) groups excluding carboxylic acids is 1. The number of alkyl halides is 3. The highest BCUT2D eigenvalue weighted by Gasteiger charge is 2.37. The van der Waals surface area contributed by atoms with E-state index in [1.807, 2.05) is 13.8 Å². The lowest BCUT2D eigenvalue weighted by molar-refractivity contribution is -0.143. The zero-order valence-corrected chi connectivity index (χ0v) is 14.0. The fourth-order valence-corrected chi connectivity index (χ4v) is 3.37. The molecule has 2 atom stereocenters. The van der Waals surface area contributed by atoms with Gasteiger partial charge in [0.1, 0.15) is 6.54 Å². The fourth-order valence-electron chi connectivity index (χ4n) is 3.37. The Kier molecular flexibility index (Phi) is 5.90. The number of carbonyl (C=O) groups is 1. The van der Waals surface area contributed by atoms with E-state index in [4.69, 9.17) is 5.11 Å². The van der Waals surface area contributed by atoms with Crippen LogP contribution in [0.3, 0.4) is 0 Å². The molecule has 24 heavy (non-hydrogen) atoms. The number of aromatic nitrogens is 2. The molecule has 5 nitrogen and oxygen atoms in total. The van der Waals surface area contributed by atoms with Gasteiger partial charge < -0.3 is 10.0 Å². The average Bonchev–Trinajstić information content (AvgIpc) is 2.88. The summed E-state index contributed by atoms with van der Waals surface area (Å²) < 4.78 is 40.3. The Morgan fingerprint density at radius 3 is 2.50 bits per heavy atom. The molecule has 1 aromatic heterocycles. The summed E-state index contributed by atoms with van der Waals surface area (Å²) in [7, 11) is 0. The van der Waals surface area contributed by atoms with Crippen LogP contribution in [0.15, 0.2) is 6.20 Å². The van der Waals surface area contributed by atoms with Gasteiger partial charge in [0.2, 0.25) is 5.91 Å². The van der Waals surface area contributed by atoms with Crippen molar-refractivity contribution in [2.75, 3.05) is 6.61 Å². The topological polar surface area (TPSA) is 58.4 Å². The van der Waals surface area contributed by atoms with E-state index in [0.717, 1.165) is 23.9 Å². The van der Waals surface area contributed by atoms with Crippen LogP contribution in [0.25, 0.3) is 0 Å². The molecule has 8 heteroatoms. The van der Waals surface area contributed by atoms with Gasteiger partial charge in [-0.15, -0.1) is 0 Å². The van der Waals surface area contributed by atoms with Gasteiger partial charge in [-0.05, 0) is 46.0 Å². The Morgan fingerprint density at radius 1 is 1.33 bits per heavy atom. The number of amides is 1. The van der Waals surface area contributed by atoms with Crippen molar-refractivity contribution in [2.45, 2.75) is 70.8 Å². The van der Waals surface area contributed by atoms with Crippen molar-refractivity contribution < 1.29 is 23.1 Å². The molecular formula is C16H24F3N3O2. The molecule has 1 amide bonds. The van der Waals surface area contributed by atoms with Crippen LogP contribution in [0.2, 0.25) is 0 Å². The summed E-state index contributed by atoms with van der Waals surface area (Å²) in [5.41, 5.74) is -0.951. The minimum absolute atomic E-state index is 0.0177. The Balaban J connectivity index is 2.16. The number of aliphatic hydroxyl groups is 1. The number of nitrogens with zero attached hydrogens (tertiary/aromatic N) is 3. The van der Waals surface area contributed by atoms with Crippen molar-refractivity contribution in [1.29, 1.82) is 0 Å². The van der Waals surface area contributed by atoms with E-state index in [0.29, 0.717) is 0 Å². The molecule has 2 heterocycles. The maximum atomic E-state index is 13.1. The molecule has 2 rings (SSSR count). The molecule has 0 saturated carbocycles. The molecule has 1 fully saturated rings. The molecule has 0 unspecified atom stereocenters. The summed E-state index contributed by atoms with van der Waals surface area (Å²) in [6.45, 7) is 3.54. The summed E-state index contributed by atoms with van der Waals surface area (Å²) >= 11 is 0. The number of aryl methyl sites for hydroxylation is 1. The lowest BCUT2D eigenvalue weighted by Gasteiger charge is -2.39. The third kappa shape index (κ3) is 4.28. The molecule has 1 aromatic rings. The van der Waals surface area contributed by atoms with Crippen LogP contribution < -0.4 is 0 Å². The van der Waals surface area contributed by atoms with Crippen LogP contribution in [0.5, 0.6) is 0 Å². The van der Waals surface area contributed by atoms with Gasteiger partial charge in [0.25, 0.3) is 0 Å². The van der Waals surface area contributed by atoms with Crippen molar-refractivity contribution in [1.82, 2.24) is 14.7 Å². The Hall–Kier alpha value is -1.57. The van der Waals surface area contributed by atoms with Gasteiger partial charge in [-0.25, -0.2) is 0 Å². The lowest BCUT2D eigenvalue weighted by atomic mass is 9.97. The van der Waals surface area contributed by atoms with E-state index in [-0.39, 0.29) is 49.5 Å². The highest BCUT2D eigenvalue weighted by atomic mass is 19.4. The second kappa shape index (κ2) is 7.55. The molecule has 0 aliphatic carbocycles. The van der Waals surface area contributed by atoms with E-state index in [1.165, 1.54) is 6.20 Å². The predicted molar refractivity (Wildman–Crippen MR) is 82.3 cm³/mol. The third-order valence-corrected chi connectivity index (χ3v) is 4.49. The maximum Gasteiger partial charge on any atom is 0.435 e. The summed E-state index contributed by atoms with van der Waals surface area (Å²) in [6.07, 6.45) is -0.119. The number of likely N-dealkylation sites (tertiary alicyclic amines) is 1. The van der Waals surface area contributed by atoms with Crippen molar-refractivity contribution in [3.05, 3.63) is 17.5 Å². The Labute approximate surface area is 139 Å². The Bertz CT molecular complexity index is 561. The highest BCUT2D eigenvalue weighted by Crippen LogP contribution is 2.31. The summed E-state index contributed by atoms with van der Waals surface area (Å²) in [6, 6.07) is 0.181. The van der Waals surface area contributed by atoms with E-state index in [9.17, 15) is 18.0 Å². The first-order valence-electron chi connectivity index (χ1n) is 8.29. The predicted octanol–water partition coefficient (Wildman–Crippen LogP) is 2.62. The number of piperidine rings is 1. The first kappa shape index (κ1) is 18.8. The van der Waals surface area contributed by atoms with Crippen LogP contribution >= 0.6 is 0 Å². The SMILES string of the molecule is C[C@@H]1CCC[C@@H](C)N1C(=O)Cn1cc(CCCO)c(C(F)(F)F)n1. The van der Waals surface area contributed by atoms with Gasteiger partial charge in [0, 0.05) is 30.5 Å². The lowest BCUT2D eigenvalue weighted by Crippen LogP contribution is -2.48. The van der Waals surface area contributed by atoms with Gasteiger partial charge in [0.15, 0.2) is 5.69 Å². The first-order chi connectivity index (χ1) is 11.2. The summed E-state index contributed by atoms with van der Waals surface area (Å²) in [5, 5.41) is 12.4. The molecular weight excluding hydrogens is 323 g/mol. The first-order valence-corrected chi connectivity index (χ1v) is 8.29. The quantitative estimate of drug-likeness (QED) is 0.891. The van der Waals surface area contributed by atoms with Crippen LogP contribution in [0, 0.1) is 0 Å². The third-order valence-electron chi connectivity index (χ3n) is 4.49. The van der Waals surface area contributed by atoms with E-state index in [2.05, 4.69) is 5.10 Å². The summed E-state index contributed by atoms with van der Waals surface area (Å²) in [5.74, 6) is -0.209. The summed E-state index contributed by atoms with van der Waals surface area (Å²) in [4.78, 5) is 14.3. The molecule has 136 valence electrons. The van der Waals surface area contributed by atoms with Gasteiger partial charge in [-0.2, -0.15) is 18.3 Å². The van der Waals surface area contributed by atoms with Crippen LogP contribution in [-0.4, -0.2) is 44.4 Å². The van der Waals surface area contributed by atoms with Crippen molar-refractivity contribution in [3.63, 3.8) is 0 Å². The normalized spacial score (nSPS) is 22.0. The number of hydrogen-bond acceptors (Lipinski definition) is 3. The van der Waals surface area contributed by atoms with Crippen LogP contribution in [0.1, 0.15) is 50.8 Å². The zero-order valence-electron chi connectivity index (χ0n) is 14.0. The minimum Gasteiger partial charge on any atom is -0.396 e. The van der Waals surface area contributed by atoms with E-state index in [1.54, 1.807) is 4.90 Å². The van der Waals surface area contributed by atoms with Gasteiger partial charge in [-0.1, -0.05) is 0 Å². The molecule has 1 aliphatic heterocycles. The number of hydrogen-bond donors (Lipinski definition) is 1. The van der Waals surface area contributed by atoms with Crippen LogP contribution in [0.4, 0.5) is 13.2 Å². The van der Waals surface area contributed by atoms with E-state index >= 15 is 0 Å². The molecule has 0 aromatic carbocycles. The fraction of sp³-hybridized carbons (Fsp3) is 0.750. The molecule has 1 aliphatic rings. The average molecular weight is 347 g/mol. The zero-order chi connectivity index (χ0) is 17.9. The monoisotopic (exact) mass is 347 g/mol. The highest BCUT2D eigenvalue weighted by molar-refractivity contribution is 5.76. The standard InChI is InChI=1S/C16H24F3N3O2/c1-11-5-3-6-12(2)22(11)14(24)10-21-9-13(7-4-8-23)15(20-21)16(17,18)19/h9,11-12,23H,3-8,10H2,1-2H3/t11-,12-/m1/s1. The molecule has 0 spiro atoms. The number of halogens is 3. The van der Waals surface area contributed by atoms with E-state index < -0.39 is 11.9 Å². The van der Waals surface area contributed by atoms with Crippen molar-refractivity contribution in [2.24, 2.45) is 0 Å². The minimum atomic E-state index is -4.56. The van der Waals surface area contributed by atoms with Crippen molar-refractivity contribution in [3.8, 4) is 0 Å². The number of aliphatic hydroxyl groups excluding tert-OH is 1. The van der Waals surface area contributed by atoms with Gasteiger partial charge in [-0.3, -0.25) is 9.48 Å². The smallest absolute Gasteiger partial charge is 0.396 e. The van der Waals surface area contributed by atoms with Gasteiger partial charge in [0.05, 0.1) is 0 Å².